The molecule has 2 aromatic carbocycles. The van der Waals surface area contributed by atoms with E-state index in [2.05, 4.69) is 50.0 Å². The lowest BCUT2D eigenvalue weighted by Crippen LogP contribution is -2.37. The van der Waals surface area contributed by atoms with E-state index >= 15 is 0 Å². The van der Waals surface area contributed by atoms with Gasteiger partial charge in [0.15, 0.2) is 24.0 Å². The lowest BCUT2D eigenvalue weighted by molar-refractivity contribution is -0.197. The molecule has 0 saturated carbocycles. The zero-order chi connectivity index (χ0) is 46.1. The van der Waals surface area contributed by atoms with Gasteiger partial charge in [-0.2, -0.15) is 26.1 Å². The van der Waals surface area contributed by atoms with E-state index in [0.29, 0.717) is 112 Å². The van der Waals surface area contributed by atoms with Crippen molar-refractivity contribution >= 4 is 23.5 Å². The zero-order valence-corrected chi connectivity index (χ0v) is 36.6. The van der Waals surface area contributed by atoms with Crippen LogP contribution in [0.4, 0.5) is 11.6 Å². The summed E-state index contributed by atoms with van der Waals surface area (Å²) in [5.41, 5.74) is 2.27. The molecule has 2 N–H and O–H groups in total. The van der Waals surface area contributed by atoms with Crippen molar-refractivity contribution in [2.24, 2.45) is 11.8 Å². The normalized spacial score (nSPS) is 18.5. The van der Waals surface area contributed by atoms with Gasteiger partial charge in [-0.3, -0.25) is 19.3 Å². The highest BCUT2D eigenvalue weighted by molar-refractivity contribution is 5.92. The number of ether oxygens (including phenoxy) is 4. The summed E-state index contributed by atoms with van der Waals surface area (Å²) in [5.74, 6) is 1.16. The number of imidazole rings is 2. The third kappa shape index (κ3) is 12.9. The summed E-state index contributed by atoms with van der Waals surface area (Å²) in [7, 11) is 0. The second-order valence-corrected chi connectivity index (χ2v) is 15.8. The monoisotopic (exact) mass is 900 g/mol. The number of anilines is 2. The van der Waals surface area contributed by atoms with Crippen molar-refractivity contribution in [1.29, 1.82) is 21.0 Å². The first-order valence-electron chi connectivity index (χ1n) is 21.9. The molecule has 21 heteroatoms. The number of nitriles is 4. The molecule has 66 heavy (non-hydrogen) atoms. The molecule has 2 amide bonds. The number of nitrogens with one attached hydrogen (secondary N) is 2. The molecule has 4 fully saturated rings. The van der Waals surface area contributed by atoms with Crippen molar-refractivity contribution < 1.29 is 33.4 Å². The van der Waals surface area contributed by atoms with E-state index in [-0.39, 0.29) is 23.7 Å². The fourth-order valence-electron chi connectivity index (χ4n) is 7.72. The number of hydrogen-bond acceptors (Lipinski definition) is 17. The molecule has 0 bridgehead atoms. The van der Waals surface area contributed by atoms with Gasteiger partial charge >= 0.3 is 0 Å². The third-order valence-electron chi connectivity index (χ3n) is 11.4. The van der Waals surface area contributed by atoms with E-state index in [9.17, 15) is 20.1 Å². The van der Waals surface area contributed by atoms with Gasteiger partial charge in [-0.25, -0.2) is 9.97 Å². The lowest BCUT2D eigenvalue weighted by Gasteiger charge is -2.26. The molecule has 21 nitrogen and oxygen atoms in total. The molecule has 8 rings (SSSR count). The summed E-state index contributed by atoms with van der Waals surface area (Å²) >= 11 is 0. The van der Waals surface area contributed by atoms with Crippen LogP contribution in [0.5, 0.6) is 11.5 Å². The van der Waals surface area contributed by atoms with Crippen LogP contribution < -0.4 is 20.1 Å². The Bertz CT molecular complexity index is 2440. The van der Waals surface area contributed by atoms with Crippen LogP contribution in [0.25, 0.3) is 11.4 Å². The number of hydrogen-bond donors (Lipinski definition) is 2. The Morgan fingerprint density at radius 2 is 1.30 bits per heavy atom. The van der Waals surface area contributed by atoms with E-state index in [1.807, 2.05) is 11.1 Å². The van der Waals surface area contributed by atoms with Gasteiger partial charge in [0.1, 0.15) is 49.5 Å². The smallest absolute Gasteiger partial charge is 0.230 e. The molecular formula is C45H52N14O7. The maximum Gasteiger partial charge on any atom is 0.230 e. The Balaban J connectivity index is 0.000000196. The van der Waals surface area contributed by atoms with Gasteiger partial charge < -0.3 is 48.5 Å². The second-order valence-electron chi connectivity index (χ2n) is 15.8. The second kappa shape index (κ2) is 23.6. The minimum Gasteiger partial charge on any atom is -0.493 e. The van der Waals surface area contributed by atoms with E-state index < -0.39 is 0 Å². The molecule has 4 aliphatic heterocycles. The predicted octanol–water partition coefficient (Wildman–Crippen LogP) is 2.71. The summed E-state index contributed by atoms with van der Waals surface area (Å²) in [5, 5.41) is 44.3. The summed E-state index contributed by atoms with van der Waals surface area (Å²) in [6, 6.07) is 14.9. The fraction of sp³-hybridized carbons (Fsp3) is 0.467. The lowest BCUT2D eigenvalue weighted by atomic mass is 10.1. The van der Waals surface area contributed by atoms with Gasteiger partial charge in [-0.05, 0) is 43.5 Å². The number of morpholine rings is 2. The predicted molar refractivity (Wildman–Crippen MR) is 236 cm³/mol. The van der Waals surface area contributed by atoms with Gasteiger partial charge in [-0.15, -0.1) is 0 Å². The number of likely N-dealkylation sites (tertiary alicyclic amines) is 2. The number of carbonyl (C=O) groups is 2. The summed E-state index contributed by atoms with van der Waals surface area (Å²) in [6.07, 6.45) is 12.8. The van der Waals surface area contributed by atoms with Gasteiger partial charge in [0.05, 0.1) is 79.8 Å². The molecule has 4 aromatic rings. The molecule has 0 spiro atoms. The number of rotatable bonds is 16. The van der Waals surface area contributed by atoms with E-state index in [1.54, 1.807) is 74.3 Å². The molecule has 2 atom stereocenters. The van der Waals surface area contributed by atoms with Crippen LogP contribution in [0.2, 0.25) is 0 Å². The Hall–Kier alpha value is -7.24. The topological polar surface area (TPSA) is 248 Å². The van der Waals surface area contributed by atoms with Crippen LogP contribution in [-0.2, 0) is 23.9 Å². The van der Waals surface area contributed by atoms with Gasteiger partial charge in [0.25, 0.3) is 0 Å². The van der Waals surface area contributed by atoms with Crippen LogP contribution in [0, 0.1) is 57.4 Å². The molecule has 0 aliphatic carbocycles. The number of benzene rings is 2. The molecule has 6 heterocycles. The van der Waals surface area contributed by atoms with Crippen LogP contribution >= 0.6 is 0 Å². The summed E-state index contributed by atoms with van der Waals surface area (Å²) in [4.78, 5) is 44.6. The van der Waals surface area contributed by atoms with Crippen LogP contribution in [0.3, 0.4) is 0 Å². The molecule has 4 saturated heterocycles. The Kier molecular flexibility index (Phi) is 16.7. The van der Waals surface area contributed by atoms with E-state index in [0.717, 1.165) is 58.0 Å². The molecular weight excluding hydrogens is 849 g/mol. The first kappa shape index (κ1) is 46.7. The first-order chi connectivity index (χ1) is 32.3. The van der Waals surface area contributed by atoms with Gasteiger partial charge in [0.2, 0.25) is 11.8 Å². The van der Waals surface area contributed by atoms with E-state index in [4.69, 9.17) is 34.3 Å². The Morgan fingerprint density at radius 1 is 0.697 bits per heavy atom. The SMILES string of the molecule is N#Cc1ccc(-n2cnc(NC(=O)[C@H]3CCN(C#N)C3)c2)cc1OCCON1CCOCC1.N#Cc1ccc(OCCCN2CCOCC2)cc1-n1cnc(NC(=O)[C@H]2CCN(C#N)C2)c1. The Labute approximate surface area is 382 Å². The van der Waals surface area contributed by atoms with Crippen molar-refractivity contribution in [3.8, 4) is 47.4 Å². The quantitative estimate of drug-likeness (QED) is 0.121. The highest BCUT2D eigenvalue weighted by atomic mass is 16.7. The maximum atomic E-state index is 12.5. The van der Waals surface area contributed by atoms with Crippen molar-refractivity contribution in [3.05, 3.63) is 72.6 Å². The minimum atomic E-state index is -0.237. The number of hydroxylamine groups is 2. The highest BCUT2D eigenvalue weighted by Gasteiger charge is 2.29. The van der Waals surface area contributed by atoms with Gasteiger partial charge in [0, 0.05) is 71.0 Å². The maximum absolute atomic E-state index is 12.5. The molecule has 0 radical (unpaired) electrons. The average molecular weight is 901 g/mol. The average Bonchev–Trinajstić information content (AvgIpc) is 4.21. The van der Waals surface area contributed by atoms with Crippen molar-refractivity contribution in [2.75, 3.05) is 116 Å². The summed E-state index contributed by atoms with van der Waals surface area (Å²) in [6.45, 7) is 10.4. The van der Waals surface area contributed by atoms with E-state index in [1.165, 1.54) is 0 Å². The molecule has 344 valence electrons. The number of aromatic nitrogens is 4. The Morgan fingerprint density at radius 3 is 1.92 bits per heavy atom. The first-order valence-corrected chi connectivity index (χ1v) is 21.9. The molecule has 0 unspecified atom stereocenters. The standard InChI is InChI=1S/C23H27N7O3.C22H25N7O4/c24-13-18-2-3-20(33-9-1-5-28-7-10-32-11-8-28)12-21(18)30-15-22(26-17-30)27-23(31)19-4-6-29(14-19)16-25;23-12-17-1-2-19(11-20(17)32-9-10-33-29-5-7-31-8-6-29)28-14-21(25-16-28)26-22(30)18-3-4-27(13-18)15-24/h2-3,12,15,17,19H,1,4-11,14H2,(H,27,31);1-2,11,14,16,18H,3-10,13H2,(H,26,30)/t19-;18-/m00/s1. The fourth-order valence-corrected chi connectivity index (χ4v) is 7.72. The van der Waals surface area contributed by atoms with Crippen LogP contribution in [0.1, 0.15) is 30.4 Å². The molecule has 4 aliphatic rings. The molecule has 2 aromatic heterocycles. The number of nitrogens with zero attached hydrogens (tertiary/aromatic N) is 12. The summed E-state index contributed by atoms with van der Waals surface area (Å²) < 4.78 is 25.8. The van der Waals surface area contributed by atoms with Crippen molar-refractivity contribution in [1.82, 2.24) is 38.9 Å². The van der Waals surface area contributed by atoms with Crippen LogP contribution in [0.15, 0.2) is 61.4 Å². The van der Waals surface area contributed by atoms with Gasteiger partial charge in [-0.1, -0.05) is 0 Å². The highest BCUT2D eigenvalue weighted by Crippen LogP contribution is 2.26. The number of carbonyl (C=O) groups excluding carboxylic acids is 2. The largest absolute Gasteiger partial charge is 0.493 e. The third-order valence-corrected chi connectivity index (χ3v) is 11.4. The van der Waals surface area contributed by atoms with Crippen LogP contribution in [-0.4, -0.2) is 156 Å². The zero-order valence-electron chi connectivity index (χ0n) is 36.6. The number of amides is 2. The van der Waals surface area contributed by atoms with Crippen molar-refractivity contribution in [3.63, 3.8) is 0 Å². The minimum absolute atomic E-state index is 0.151. The van der Waals surface area contributed by atoms with Crippen molar-refractivity contribution in [2.45, 2.75) is 19.3 Å².